The third-order valence-electron chi connectivity index (χ3n) is 5.61. The molecular formula is C21H20N4O2. The monoisotopic (exact) mass is 360 g/mol. The topological polar surface area (TPSA) is 54.5 Å². The Labute approximate surface area is 157 Å². The number of likely N-dealkylation sites (tertiary alicyclic amines) is 1. The van der Waals surface area contributed by atoms with Gasteiger partial charge in [-0.25, -0.2) is 4.98 Å². The molecule has 6 nitrogen and oxygen atoms in total. The summed E-state index contributed by atoms with van der Waals surface area (Å²) in [5.74, 6) is 1.24. The molecule has 3 aromatic rings. The van der Waals surface area contributed by atoms with Gasteiger partial charge in [0.1, 0.15) is 5.54 Å². The molecule has 2 aliphatic rings. The van der Waals surface area contributed by atoms with Crippen LogP contribution in [0.4, 0.5) is 5.69 Å². The largest absolute Gasteiger partial charge is 0.459 e. The maximum atomic E-state index is 12.9. The van der Waals surface area contributed by atoms with Crippen molar-refractivity contribution in [3.05, 3.63) is 79.2 Å². The first kappa shape index (κ1) is 15.9. The number of hydrogen-bond acceptors (Lipinski definition) is 4. The third kappa shape index (κ3) is 2.19. The van der Waals surface area contributed by atoms with Crippen LogP contribution in [-0.2, 0) is 5.54 Å². The molecule has 5 rings (SSSR count). The van der Waals surface area contributed by atoms with Gasteiger partial charge in [0.2, 0.25) is 0 Å². The minimum atomic E-state index is -0.310. The van der Waals surface area contributed by atoms with E-state index in [1.165, 1.54) is 6.26 Å². The lowest BCUT2D eigenvalue weighted by atomic mass is 9.89. The smallest absolute Gasteiger partial charge is 0.289 e. The summed E-state index contributed by atoms with van der Waals surface area (Å²) in [5.41, 5.74) is 1.91. The van der Waals surface area contributed by atoms with E-state index < -0.39 is 0 Å². The second kappa shape index (κ2) is 5.87. The van der Waals surface area contributed by atoms with Gasteiger partial charge in [0.05, 0.1) is 24.2 Å². The molecule has 0 N–H and O–H groups in total. The number of nitrogens with zero attached hydrogens (tertiary/aromatic N) is 4. The van der Waals surface area contributed by atoms with E-state index in [-0.39, 0.29) is 11.4 Å². The van der Waals surface area contributed by atoms with E-state index in [4.69, 9.17) is 4.42 Å². The van der Waals surface area contributed by atoms with Crippen molar-refractivity contribution in [3.8, 4) is 5.82 Å². The van der Waals surface area contributed by atoms with Gasteiger partial charge in [-0.3, -0.25) is 4.79 Å². The minimum Gasteiger partial charge on any atom is -0.459 e. The van der Waals surface area contributed by atoms with Gasteiger partial charge < -0.3 is 18.8 Å². The first-order valence-electron chi connectivity index (χ1n) is 9.09. The average molecular weight is 360 g/mol. The molecule has 1 spiro atoms. The fraction of sp³-hybridized carbons (Fsp3) is 0.238. The Kier molecular flexibility index (Phi) is 3.47. The van der Waals surface area contributed by atoms with Crippen molar-refractivity contribution in [3.63, 3.8) is 0 Å². The van der Waals surface area contributed by atoms with Crippen molar-refractivity contribution in [2.75, 3.05) is 24.5 Å². The van der Waals surface area contributed by atoms with Crippen LogP contribution in [-0.4, -0.2) is 40.0 Å². The van der Waals surface area contributed by atoms with Gasteiger partial charge >= 0.3 is 0 Å². The fourth-order valence-corrected chi connectivity index (χ4v) is 4.45. The molecule has 1 amide bonds. The van der Waals surface area contributed by atoms with Crippen LogP contribution in [0.15, 0.2) is 72.1 Å². The molecule has 0 aromatic carbocycles. The number of hydrogen-bond donors (Lipinski definition) is 0. The summed E-state index contributed by atoms with van der Waals surface area (Å²) >= 11 is 0. The Hall–Kier alpha value is -3.28. The number of aromatic nitrogens is 2. The summed E-state index contributed by atoms with van der Waals surface area (Å²) in [6.45, 7) is 5.91. The van der Waals surface area contributed by atoms with Crippen molar-refractivity contribution in [1.82, 2.24) is 14.5 Å². The second-order valence-corrected chi connectivity index (χ2v) is 6.99. The Bertz CT molecular complexity index is 1010. The van der Waals surface area contributed by atoms with Gasteiger partial charge in [0, 0.05) is 25.5 Å². The molecular weight excluding hydrogens is 340 g/mol. The van der Waals surface area contributed by atoms with E-state index in [0.717, 1.165) is 23.6 Å². The fourth-order valence-electron chi connectivity index (χ4n) is 4.45. The second-order valence-electron chi connectivity index (χ2n) is 6.99. The maximum Gasteiger partial charge on any atom is 0.289 e. The van der Waals surface area contributed by atoms with E-state index in [2.05, 4.69) is 33.2 Å². The molecule has 3 aromatic heterocycles. The van der Waals surface area contributed by atoms with Crippen LogP contribution in [0, 0.1) is 0 Å². The third-order valence-corrected chi connectivity index (χ3v) is 5.61. The molecule has 0 bridgehead atoms. The Morgan fingerprint density at radius 1 is 1.30 bits per heavy atom. The first-order valence-corrected chi connectivity index (χ1v) is 9.09. The molecule has 136 valence electrons. The zero-order valence-electron chi connectivity index (χ0n) is 14.9. The van der Waals surface area contributed by atoms with Crippen LogP contribution in [0.1, 0.15) is 22.7 Å². The predicted molar refractivity (Wildman–Crippen MR) is 102 cm³/mol. The van der Waals surface area contributed by atoms with E-state index in [1.54, 1.807) is 12.1 Å². The van der Waals surface area contributed by atoms with Gasteiger partial charge in [-0.05, 0) is 42.8 Å². The standard InChI is InChI=1S/C21H20N4O2/c1-2-11-25-16-6-3-10-22-19(16)24-12-4-8-18(24)21(25)9-13-23(15-21)20(26)17-7-5-14-27-17/h2-8,10,12,14H,1,9,11,13,15H2/t21-/m1/s1. The van der Waals surface area contributed by atoms with Crippen molar-refractivity contribution >= 4 is 11.6 Å². The quantitative estimate of drug-likeness (QED) is 0.673. The van der Waals surface area contributed by atoms with Crippen LogP contribution >= 0.6 is 0 Å². The van der Waals surface area contributed by atoms with Crippen molar-refractivity contribution in [2.24, 2.45) is 0 Å². The lowest BCUT2D eigenvalue weighted by Gasteiger charge is -2.46. The number of rotatable bonds is 3. The van der Waals surface area contributed by atoms with Gasteiger partial charge in [-0.1, -0.05) is 6.08 Å². The number of amides is 1. The highest BCUT2D eigenvalue weighted by atomic mass is 16.3. The van der Waals surface area contributed by atoms with Gasteiger partial charge in [0.25, 0.3) is 5.91 Å². The lowest BCUT2D eigenvalue weighted by Crippen LogP contribution is -2.52. The van der Waals surface area contributed by atoms with E-state index in [1.807, 2.05) is 35.5 Å². The Morgan fingerprint density at radius 2 is 2.22 bits per heavy atom. The zero-order valence-corrected chi connectivity index (χ0v) is 14.9. The van der Waals surface area contributed by atoms with E-state index in [9.17, 15) is 4.79 Å². The SMILES string of the molecule is C=CCN1c2cccnc2-n2cccc2[C@]12CCN(C(=O)c1ccco1)C2. The average Bonchev–Trinajstić information content (AvgIpc) is 3.46. The van der Waals surface area contributed by atoms with Crippen LogP contribution in [0.25, 0.3) is 5.82 Å². The number of anilines is 1. The Balaban J connectivity index is 1.61. The Morgan fingerprint density at radius 3 is 3.04 bits per heavy atom. The molecule has 2 aliphatic heterocycles. The molecule has 1 saturated heterocycles. The zero-order chi connectivity index (χ0) is 18.4. The number of carbonyl (C=O) groups is 1. The molecule has 1 atom stereocenters. The van der Waals surface area contributed by atoms with Crippen molar-refractivity contribution < 1.29 is 9.21 Å². The summed E-state index contributed by atoms with van der Waals surface area (Å²) in [7, 11) is 0. The van der Waals surface area contributed by atoms with Gasteiger partial charge in [-0.2, -0.15) is 0 Å². The number of pyridine rings is 1. The summed E-state index contributed by atoms with van der Waals surface area (Å²) in [6, 6.07) is 11.7. The molecule has 5 heterocycles. The molecule has 0 radical (unpaired) electrons. The summed E-state index contributed by atoms with van der Waals surface area (Å²) in [4.78, 5) is 21.7. The van der Waals surface area contributed by atoms with Crippen molar-refractivity contribution in [2.45, 2.75) is 12.0 Å². The molecule has 0 saturated carbocycles. The number of fused-ring (bicyclic) bond motifs is 4. The maximum absolute atomic E-state index is 12.9. The van der Waals surface area contributed by atoms with Gasteiger partial charge in [-0.15, -0.1) is 6.58 Å². The summed E-state index contributed by atoms with van der Waals surface area (Å²) < 4.78 is 7.48. The highest BCUT2D eigenvalue weighted by molar-refractivity contribution is 5.92. The highest BCUT2D eigenvalue weighted by Gasteiger charge is 2.50. The molecule has 1 fully saturated rings. The predicted octanol–water partition coefficient (Wildman–Crippen LogP) is 3.21. The molecule has 0 unspecified atom stereocenters. The molecule has 6 heteroatoms. The summed E-state index contributed by atoms with van der Waals surface area (Å²) in [5, 5.41) is 0. The van der Waals surface area contributed by atoms with Crippen LogP contribution < -0.4 is 4.90 Å². The van der Waals surface area contributed by atoms with Crippen molar-refractivity contribution in [1.29, 1.82) is 0 Å². The first-order chi connectivity index (χ1) is 13.2. The lowest BCUT2D eigenvalue weighted by molar-refractivity contribution is 0.0750. The molecule has 27 heavy (non-hydrogen) atoms. The van der Waals surface area contributed by atoms with Crippen LogP contribution in [0.3, 0.4) is 0 Å². The molecule has 0 aliphatic carbocycles. The minimum absolute atomic E-state index is 0.0643. The van der Waals surface area contributed by atoms with Crippen LogP contribution in [0.5, 0.6) is 0 Å². The highest BCUT2D eigenvalue weighted by Crippen LogP contribution is 2.47. The normalized spacial score (nSPS) is 20.6. The van der Waals surface area contributed by atoms with E-state index >= 15 is 0 Å². The van der Waals surface area contributed by atoms with Gasteiger partial charge in [0.15, 0.2) is 11.6 Å². The number of furan rings is 1. The summed E-state index contributed by atoms with van der Waals surface area (Å²) in [6.07, 6.45) is 8.15. The van der Waals surface area contributed by atoms with Crippen LogP contribution in [0.2, 0.25) is 0 Å². The number of carbonyl (C=O) groups excluding carboxylic acids is 1. The van der Waals surface area contributed by atoms with E-state index in [0.29, 0.717) is 25.4 Å².